The number of ether oxygens (including phenoxy) is 1. The smallest absolute Gasteiger partial charge is 0.267 e. The Hall–Kier alpha value is -2.62. The number of carbonyl (C=O) groups excluding carboxylic acids is 1. The quantitative estimate of drug-likeness (QED) is 0.211. The van der Waals surface area contributed by atoms with Gasteiger partial charge in [0.2, 0.25) is 5.91 Å². The molecule has 1 aliphatic rings. The van der Waals surface area contributed by atoms with Gasteiger partial charge in [-0.2, -0.15) is 0 Å². The first-order valence-corrected chi connectivity index (χ1v) is 14.1. The number of thiophene rings is 1. The molecular formula is C26H24BrN3O3S2. The van der Waals surface area contributed by atoms with Gasteiger partial charge < -0.3 is 10.1 Å². The number of fused-ring (bicyclic) bond motifs is 3. The molecule has 0 saturated heterocycles. The summed E-state index contributed by atoms with van der Waals surface area (Å²) in [4.78, 5) is 33.5. The fourth-order valence-electron chi connectivity index (χ4n) is 4.26. The van der Waals surface area contributed by atoms with Crippen molar-refractivity contribution in [3.63, 3.8) is 0 Å². The van der Waals surface area contributed by atoms with E-state index in [0.29, 0.717) is 23.1 Å². The van der Waals surface area contributed by atoms with Crippen LogP contribution in [0, 0.1) is 0 Å². The number of hydrogen-bond acceptors (Lipinski definition) is 6. The Kier molecular flexibility index (Phi) is 7.27. The van der Waals surface area contributed by atoms with Gasteiger partial charge in [0, 0.05) is 15.0 Å². The highest BCUT2D eigenvalue weighted by atomic mass is 79.9. The van der Waals surface area contributed by atoms with Crippen molar-refractivity contribution in [3.05, 3.63) is 73.8 Å². The molecular weight excluding hydrogens is 546 g/mol. The number of halogens is 1. The van der Waals surface area contributed by atoms with E-state index in [1.165, 1.54) is 16.6 Å². The summed E-state index contributed by atoms with van der Waals surface area (Å²) in [5.74, 6) is 0.715. The Morgan fingerprint density at radius 3 is 2.77 bits per heavy atom. The molecule has 0 unspecified atom stereocenters. The zero-order chi connectivity index (χ0) is 24.4. The average molecular weight is 571 g/mol. The van der Waals surface area contributed by atoms with Gasteiger partial charge >= 0.3 is 0 Å². The second kappa shape index (κ2) is 10.6. The maximum Gasteiger partial charge on any atom is 0.267 e. The lowest BCUT2D eigenvalue weighted by molar-refractivity contribution is -0.113. The van der Waals surface area contributed by atoms with Crippen molar-refractivity contribution in [2.75, 3.05) is 17.7 Å². The number of nitrogens with zero attached hydrogens (tertiary/aromatic N) is 2. The number of thioether (sulfide) groups is 1. The van der Waals surface area contributed by atoms with E-state index < -0.39 is 0 Å². The number of aromatic nitrogens is 2. The fourth-order valence-corrected chi connectivity index (χ4v) is 6.78. The van der Waals surface area contributed by atoms with Gasteiger partial charge in [-0.15, -0.1) is 11.3 Å². The minimum atomic E-state index is -0.161. The summed E-state index contributed by atoms with van der Waals surface area (Å²) >= 11 is 6.30. The molecule has 2 heterocycles. The molecule has 180 valence electrons. The van der Waals surface area contributed by atoms with Crippen molar-refractivity contribution in [1.29, 1.82) is 0 Å². The summed E-state index contributed by atoms with van der Waals surface area (Å²) in [6.07, 6.45) is 4.14. The maximum absolute atomic E-state index is 13.8. The monoisotopic (exact) mass is 569 g/mol. The molecule has 0 atom stereocenters. The lowest BCUT2D eigenvalue weighted by Gasteiger charge is -2.14. The first-order chi connectivity index (χ1) is 17.0. The number of hydrogen-bond donors (Lipinski definition) is 1. The summed E-state index contributed by atoms with van der Waals surface area (Å²) in [5.41, 5.74) is 2.49. The lowest BCUT2D eigenvalue weighted by Crippen LogP contribution is -2.23. The van der Waals surface area contributed by atoms with Gasteiger partial charge in [0.05, 0.1) is 23.4 Å². The second-order valence-corrected chi connectivity index (χ2v) is 11.1. The third-order valence-corrected chi connectivity index (χ3v) is 8.42. The van der Waals surface area contributed by atoms with Crippen LogP contribution in [-0.2, 0) is 17.6 Å². The predicted molar refractivity (Wildman–Crippen MR) is 147 cm³/mol. The summed E-state index contributed by atoms with van der Waals surface area (Å²) < 4.78 is 8.10. The first kappa shape index (κ1) is 24.1. The number of rotatable bonds is 7. The van der Waals surface area contributed by atoms with E-state index in [2.05, 4.69) is 21.2 Å². The van der Waals surface area contributed by atoms with Crippen molar-refractivity contribution in [2.45, 2.75) is 37.8 Å². The van der Waals surface area contributed by atoms with E-state index in [1.54, 1.807) is 15.9 Å². The van der Waals surface area contributed by atoms with E-state index >= 15 is 0 Å². The van der Waals surface area contributed by atoms with Gasteiger partial charge in [-0.1, -0.05) is 33.8 Å². The molecule has 0 bridgehead atoms. The molecule has 0 saturated carbocycles. The molecule has 0 fully saturated rings. The fraction of sp³-hybridized carbons (Fsp3) is 0.269. The molecule has 2 aromatic carbocycles. The Balaban J connectivity index is 1.51. The van der Waals surface area contributed by atoms with E-state index in [9.17, 15) is 9.59 Å². The van der Waals surface area contributed by atoms with Crippen LogP contribution in [0.25, 0.3) is 15.9 Å². The summed E-state index contributed by atoms with van der Waals surface area (Å²) in [6, 6.07) is 14.9. The standard InChI is InChI=1S/C26H24BrN3O3S2/c1-2-33-19-12-10-18(11-13-19)30-25(32)23-20-8-3-4-9-21(20)35-24(23)29-26(30)34-15-22(31)28-17-7-5-6-16(27)14-17/h5-7,10-14H,2-4,8-9,15H2,1H3,(H,28,31). The van der Waals surface area contributed by atoms with Crippen LogP contribution in [0.5, 0.6) is 5.75 Å². The van der Waals surface area contributed by atoms with Crippen LogP contribution in [0.15, 0.2) is 63.0 Å². The number of anilines is 1. The zero-order valence-corrected chi connectivity index (χ0v) is 22.4. The van der Waals surface area contributed by atoms with Crippen LogP contribution < -0.4 is 15.6 Å². The van der Waals surface area contributed by atoms with E-state index in [0.717, 1.165) is 51.7 Å². The number of carbonyl (C=O) groups is 1. The number of nitrogens with one attached hydrogen (secondary N) is 1. The molecule has 1 N–H and O–H groups in total. The maximum atomic E-state index is 13.8. The normalized spacial score (nSPS) is 13.0. The van der Waals surface area contributed by atoms with Gasteiger partial charge in [0.25, 0.3) is 5.56 Å². The van der Waals surface area contributed by atoms with E-state index in [1.807, 2.05) is 55.5 Å². The molecule has 1 amide bonds. The Morgan fingerprint density at radius 1 is 1.20 bits per heavy atom. The topological polar surface area (TPSA) is 73.2 Å². The van der Waals surface area contributed by atoms with Crippen LogP contribution >= 0.6 is 39.0 Å². The van der Waals surface area contributed by atoms with Crippen LogP contribution in [0.3, 0.4) is 0 Å². The molecule has 1 aliphatic carbocycles. The number of aryl methyl sites for hydroxylation is 2. The number of amides is 1. The van der Waals surface area contributed by atoms with Crippen LogP contribution in [0.2, 0.25) is 0 Å². The Morgan fingerprint density at radius 2 is 2.00 bits per heavy atom. The van der Waals surface area contributed by atoms with Gasteiger partial charge in [0.1, 0.15) is 10.6 Å². The van der Waals surface area contributed by atoms with Crippen molar-refractivity contribution < 1.29 is 9.53 Å². The van der Waals surface area contributed by atoms with Gasteiger partial charge in [-0.25, -0.2) is 4.98 Å². The SMILES string of the molecule is CCOc1ccc(-n2c(SCC(=O)Nc3cccc(Br)c3)nc3sc4c(c3c2=O)CCCC4)cc1. The van der Waals surface area contributed by atoms with Gasteiger partial charge in [-0.05, 0) is 80.6 Å². The minimum Gasteiger partial charge on any atom is -0.494 e. The van der Waals surface area contributed by atoms with E-state index in [4.69, 9.17) is 9.72 Å². The van der Waals surface area contributed by atoms with Crippen molar-refractivity contribution in [3.8, 4) is 11.4 Å². The number of benzene rings is 2. The van der Waals surface area contributed by atoms with Crippen molar-refractivity contribution in [1.82, 2.24) is 9.55 Å². The van der Waals surface area contributed by atoms with E-state index in [-0.39, 0.29) is 17.2 Å². The highest BCUT2D eigenvalue weighted by molar-refractivity contribution is 9.10. The Bertz CT molecular complexity index is 1450. The third kappa shape index (κ3) is 5.17. The summed E-state index contributed by atoms with van der Waals surface area (Å²) in [7, 11) is 0. The van der Waals surface area contributed by atoms with Crippen LogP contribution in [0.1, 0.15) is 30.2 Å². The molecule has 0 aliphatic heterocycles. The zero-order valence-electron chi connectivity index (χ0n) is 19.2. The van der Waals surface area contributed by atoms with Crippen LogP contribution in [-0.4, -0.2) is 27.8 Å². The molecule has 0 spiro atoms. The van der Waals surface area contributed by atoms with Crippen molar-refractivity contribution >= 4 is 60.8 Å². The lowest BCUT2D eigenvalue weighted by atomic mass is 9.97. The van der Waals surface area contributed by atoms with Gasteiger partial charge in [0.15, 0.2) is 5.16 Å². The third-order valence-electron chi connectivity index (χ3n) is 5.80. The molecule has 6 nitrogen and oxygen atoms in total. The highest BCUT2D eigenvalue weighted by Crippen LogP contribution is 2.35. The molecule has 9 heteroatoms. The molecule has 5 rings (SSSR count). The largest absolute Gasteiger partial charge is 0.494 e. The highest BCUT2D eigenvalue weighted by Gasteiger charge is 2.23. The Labute approximate surface area is 219 Å². The molecule has 4 aromatic rings. The van der Waals surface area contributed by atoms with Crippen molar-refractivity contribution in [2.24, 2.45) is 0 Å². The molecule has 35 heavy (non-hydrogen) atoms. The molecule has 0 radical (unpaired) electrons. The first-order valence-electron chi connectivity index (χ1n) is 11.5. The van der Waals surface area contributed by atoms with Crippen LogP contribution in [0.4, 0.5) is 5.69 Å². The second-order valence-electron chi connectivity index (χ2n) is 8.20. The average Bonchev–Trinajstić information content (AvgIpc) is 3.22. The van der Waals surface area contributed by atoms with Gasteiger partial charge in [-0.3, -0.25) is 14.2 Å². The summed E-state index contributed by atoms with van der Waals surface area (Å²) in [6.45, 7) is 2.51. The molecule has 2 aromatic heterocycles. The predicted octanol–water partition coefficient (Wildman–Crippen LogP) is 6.22. The summed E-state index contributed by atoms with van der Waals surface area (Å²) in [5, 5.41) is 4.14. The minimum absolute atomic E-state index is 0.0755.